The van der Waals surface area contributed by atoms with Crippen molar-refractivity contribution in [2.24, 2.45) is 22.9 Å². The van der Waals surface area contributed by atoms with Crippen LogP contribution in [0.5, 0.6) is 17.2 Å². The van der Waals surface area contributed by atoms with E-state index < -0.39 is 28.8 Å². The van der Waals surface area contributed by atoms with Gasteiger partial charge >= 0.3 is 6.09 Å². The van der Waals surface area contributed by atoms with Crippen molar-refractivity contribution in [3.8, 4) is 17.2 Å². The highest BCUT2D eigenvalue weighted by Crippen LogP contribution is 2.62. The number of nitro benzene ring substituents is 1. The molecule has 7 rings (SSSR count). The van der Waals surface area contributed by atoms with Gasteiger partial charge in [-0.2, -0.15) is 0 Å². The van der Waals surface area contributed by atoms with Crippen molar-refractivity contribution in [3.05, 3.63) is 130 Å². The zero-order valence-corrected chi connectivity index (χ0v) is 33.2. The van der Waals surface area contributed by atoms with Crippen molar-refractivity contribution in [1.29, 1.82) is 0 Å². The molecule has 0 bridgehead atoms. The second-order valence-corrected chi connectivity index (χ2v) is 15.4. The van der Waals surface area contributed by atoms with Gasteiger partial charge in [-0.25, -0.2) is 4.79 Å². The molecular weight excluding hydrogens is 755 g/mol. The number of allylic oxidation sites excluding steroid dienone is 1. The molecule has 13 nitrogen and oxygen atoms in total. The molecular formula is C46H51N3O10. The second kappa shape index (κ2) is 18.4. The Morgan fingerprint density at radius 2 is 1.76 bits per heavy atom. The minimum Gasteiger partial charge on any atom is -0.508 e. The number of fused-ring (bicyclic) bond motifs is 3. The Balaban J connectivity index is 1.45. The first-order chi connectivity index (χ1) is 28.7. The predicted molar refractivity (Wildman–Crippen MR) is 222 cm³/mol. The van der Waals surface area contributed by atoms with Gasteiger partial charge in [0.15, 0.2) is 0 Å². The third kappa shape index (κ3) is 8.41. The minimum absolute atomic E-state index is 0.0220. The van der Waals surface area contributed by atoms with E-state index in [1.165, 1.54) is 31.4 Å². The predicted octanol–water partition coefficient (Wildman–Crippen LogP) is 8.42. The Kier molecular flexibility index (Phi) is 12.9. The zero-order chi connectivity index (χ0) is 41.5. The van der Waals surface area contributed by atoms with Crippen LogP contribution in [0, 0.1) is 27.9 Å². The van der Waals surface area contributed by atoms with Gasteiger partial charge in [0.05, 0.1) is 29.7 Å². The van der Waals surface area contributed by atoms with E-state index in [9.17, 15) is 30.2 Å². The molecule has 6 unspecified atom stereocenters. The first kappa shape index (κ1) is 41.4. The fourth-order valence-electron chi connectivity index (χ4n) is 9.48. The number of nitrogens with zero attached hydrogens (tertiary/aromatic N) is 3. The lowest BCUT2D eigenvalue weighted by molar-refractivity contribution is -0.384. The number of carbonyl (C=O) groups is 1. The summed E-state index contributed by atoms with van der Waals surface area (Å²) in [5, 5.41) is 48.6. The van der Waals surface area contributed by atoms with Gasteiger partial charge in [-0.05, 0) is 89.8 Å². The van der Waals surface area contributed by atoms with Crippen molar-refractivity contribution in [2.45, 2.75) is 69.2 Å². The number of nitro groups is 1. The number of hydrogen-bond donors (Lipinski definition) is 3. The quantitative estimate of drug-likeness (QED) is 0.0407. The molecule has 1 saturated carbocycles. The van der Waals surface area contributed by atoms with Crippen LogP contribution in [-0.2, 0) is 16.1 Å². The molecule has 1 aliphatic heterocycles. The average molecular weight is 806 g/mol. The highest BCUT2D eigenvalue weighted by atomic mass is 16.7. The molecule has 0 spiro atoms. The highest BCUT2D eigenvalue weighted by molar-refractivity contribution is 6.03. The van der Waals surface area contributed by atoms with Crippen LogP contribution in [0.2, 0.25) is 0 Å². The van der Waals surface area contributed by atoms with E-state index >= 15 is 0 Å². The molecule has 0 saturated heterocycles. The molecule has 1 fully saturated rings. The van der Waals surface area contributed by atoms with Crippen molar-refractivity contribution in [2.75, 3.05) is 26.9 Å². The summed E-state index contributed by atoms with van der Waals surface area (Å²) in [5.41, 5.74) is 2.94. The van der Waals surface area contributed by atoms with Crippen molar-refractivity contribution in [1.82, 2.24) is 4.90 Å². The van der Waals surface area contributed by atoms with Gasteiger partial charge in [0, 0.05) is 43.2 Å². The monoisotopic (exact) mass is 805 g/mol. The molecule has 59 heavy (non-hydrogen) atoms. The summed E-state index contributed by atoms with van der Waals surface area (Å²) in [7, 11) is 1.48. The highest BCUT2D eigenvalue weighted by Gasteiger charge is 2.65. The lowest BCUT2D eigenvalue weighted by atomic mass is 9.55. The molecule has 13 heteroatoms. The van der Waals surface area contributed by atoms with Crippen molar-refractivity contribution >= 4 is 28.3 Å². The van der Waals surface area contributed by atoms with Gasteiger partial charge in [0.25, 0.3) is 5.69 Å². The summed E-state index contributed by atoms with van der Waals surface area (Å²) in [6.07, 6.45) is 7.58. The maximum atomic E-state index is 15.0. The summed E-state index contributed by atoms with van der Waals surface area (Å²) in [6.45, 7) is 4.23. The molecule has 3 aliphatic rings. The van der Waals surface area contributed by atoms with E-state index in [2.05, 4.69) is 17.8 Å². The number of phenols is 1. The van der Waals surface area contributed by atoms with E-state index in [0.29, 0.717) is 24.3 Å². The fourth-order valence-corrected chi connectivity index (χ4v) is 9.48. The number of oxime groups is 1. The summed E-state index contributed by atoms with van der Waals surface area (Å²) in [6, 6.07) is 23.3. The molecule has 0 radical (unpaired) electrons. The summed E-state index contributed by atoms with van der Waals surface area (Å²) < 4.78 is 20.3. The number of non-ortho nitro benzene ring substituents is 1. The first-order valence-corrected chi connectivity index (χ1v) is 20.2. The van der Waals surface area contributed by atoms with Crippen LogP contribution in [0.15, 0.2) is 114 Å². The molecule has 310 valence electrons. The Morgan fingerprint density at radius 3 is 2.49 bits per heavy atom. The van der Waals surface area contributed by atoms with Crippen LogP contribution in [0.25, 0.3) is 10.8 Å². The Hall–Kier alpha value is -5.76. The van der Waals surface area contributed by atoms with E-state index in [1.54, 1.807) is 29.2 Å². The molecule has 4 aromatic carbocycles. The molecule has 4 aromatic rings. The minimum atomic E-state index is -1.56. The van der Waals surface area contributed by atoms with E-state index in [-0.39, 0.29) is 67.7 Å². The Labute approximate surface area is 343 Å². The molecule has 0 aromatic heterocycles. The Morgan fingerprint density at radius 1 is 1.02 bits per heavy atom. The molecule has 2 aliphatic carbocycles. The van der Waals surface area contributed by atoms with E-state index in [1.807, 2.05) is 42.5 Å². The van der Waals surface area contributed by atoms with Crippen LogP contribution >= 0.6 is 0 Å². The number of ether oxygens (including phenoxy) is 3. The second-order valence-electron chi connectivity index (χ2n) is 15.4. The third-order valence-corrected chi connectivity index (χ3v) is 11.9. The number of amides is 1. The molecule has 1 amide bonds. The van der Waals surface area contributed by atoms with Gasteiger partial charge in [-0.3, -0.25) is 15.0 Å². The lowest BCUT2D eigenvalue weighted by Crippen LogP contribution is -2.70. The van der Waals surface area contributed by atoms with Crippen LogP contribution < -0.4 is 9.47 Å². The molecule has 1 heterocycles. The number of phenolic OH excluding ortho intramolecular Hbond substituents is 1. The average Bonchev–Trinajstić information content (AvgIpc) is 3.24. The zero-order valence-electron chi connectivity index (χ0n) is 33.2. The number of aromatic hydroxyl groups is 1. The van der Waals surface area contributed by atoms with Crippen molar-refractivity contribution < 1.29 is 44.1 Å². The fraction of sp³-hybridized carbons (Fsp3) is 0.391. The third-order valence-electron chi connectivity index (χ3n) is 11.9. The topological polar surface area (TPSA) is 173 Å². The van der Waals surface area contributed by atoms with Crippen LogP contribution in [-0.4, -0.2) is 75.7 Å². The SMILES string of the molecule is C=CCOC12Oc3ccc(O)cc3C3C(CCCCO)C(CCCCO)C=C(C(=NOC)CC1N(Cc1cccc4ccccc14)C(=O)Oc1ccc([N+](=O)[O-])cc1)C32. The van der Waals surface area contributed by atoms with E-state index in [4.69, 9.17) is 19.0 Å². The molecule has 3 N–H and O–H groups in total. The normalized spacial score (nSPS) is 23.7. The number of benzene rings is 4. The Bertz CT molecular complexity index is 2200. The van der Waals surface area contributed by atoms with E-state index in [0.717, 1.165) is 53.2 Å². The number of rotatable bonds is 17. The molecule has 6 atom stereocenters. The standard InChI is InChI=1S/C46H51N3O10/c1-3-25-57-46-42(48(29-32-14-10-13-30-11-4-5-15-36(30)32)45(53)58-35-20-17-33(18-21-35)49(54)55)28-40(47-56-2)38-26-31(12-6-8-23-50)37(16-7-9-24-51)43(44(38)46)39-27-34(52)19-22-41(39)59-46/h3-5,10-11,13-15,17-22,26-27,31,37,42-44,50-52H,1,6-9,12,16,23-25,28-29H2,2H3. The summed E-state index contributed by atoms with van der Waals surface area (Å²) in [4.78, 5) is 33.1. The van der Waals surface area contributed by atoms with Crippen LogP contribution in [0.4, 0.5) is 10.5 Å². The number of aliphatic hydroxyl groups excluding tert-OH is 2. The van der Waals surface area contributed by atoms with Crippen molar-refractivity contribution in [3.63, 3.8) is 0 Å². The lowest BCUT2D eigenvalue weighted by Gasteiger charge is -2.59. The van der Waals surface area contributed by atoms with Gasteiger partial charge in [0.1, 0.15) is 30.4 Å². The van der Waals surface area contributed by atoms with Crippen LogP contribution in [0.3, 0.4) is 0 Å². The van der Waals surface area contributed by atoms with Gasteiger partial charge < -0.3 is 34.4 Å². The van der Waals surface area contributed by atoms with Gasteiger partial charge in [-0.15, -0.1) is 6.58 Å². The number of aliphatic hydroxyl groups is 2. The number of carbonyl (C=O) groups excluding carboxylic acids is 1. The number of unbranched alkanes of at least 4 members (excludes halogenated alkanes) is 2. The van der Waals surface area contributed by atoms with Gasteiger partial charge in [0.2, 0.25) is 5.79 Å². The number of hydrogen-bond acceptors (Lipinski definition) is 11. The first-order valence-electron chi connectivity index (χ1n) is 20.2. The van der Waals surface area contributed by atoms with Gasteiger partial charge in [-0.1, -0.05) is 72.6 Å². The smallest absolute Gasteiger partial charge is 0.416 e. The largest absolute Gasteiger partial charge is 0.508 e. The maximum absolute atomic E-state index is 15.0. The maximum Gasteiger partial charge on any atom is 0.416 e. The van der Waals surface area contributed by atoms with Crippen LogP contribution in [0.1, 0.15) is 62.0 Å². The summed E-state index contributed by atoms with van der Waals surface area (Å²) in [5.74, 6) is -1.76. The summed E-state index contributed by atoms with van der Waals surface area (Å²) >= 11 is 0.